The van der Waals surface area contributed by atoms with Crippen LogP contribution in [0.5, 0.6) is 5.75 Å². The number of hydrogen-bond donors (Lipinski definition) is 2. The summed E-state index contributed by atoms with van der Waals surface area (Å²) in [4.78, 5) is 15.4. The molecule has 6 heteroatoms. The second kappa shape index (κ2) is 9.44. The first kappa shape index (κ1) is 20.0. The molecule has 0 bridgehead atoms. The summed E-state index contributed by atoms with van der Waals surface area (Å²) >= 11 is 0. The maximum absolute atomic E-state index is 13.0. The van der Waals surface area contributed by atoms with Gasteiger partial charge in [-0.2, -0.15) is 5.10 Å². The maximum atomic E-state index is 13.0. The van der Waals surface area contributed by atoms with Gasteiger partial charge in [-0.1, -0.05) is 31.4 Å². The maximum Gasteiger partial charge on any atom is 0.255 e. The van der Waals surface area contributed by atoms with Crippen molar-refractivity contribution in [2.45, 2.75) is 63.5 Å². The number of rotatable bonds is 6. The molecule has 1 aliphatic carbocycles. The van der Waals surface area contributed by atoms with E-state index < -0.39 is 0 Å². The average Bonchev–Trinajstić information content (AvgIpc) is 3.25. The van der Waals surface area contributed by atoms with Crippen molar-refractivity contribution in [3.63, 3.8) is 0 Å². The fourth-order valence-corrected chi connectivity index (χ4v) is 4.79. The molecular formula is C23H32N4O2. The van der Waals surface area contributed by atoms with Crippen molar-refractivity contribution in [1.29, 1.82) is 0 Å². The number of piperidine rings is 1. The van der Waals surface area contributed by atoms with Crippen LogP contribution in [0.2, 0.25) is 0 Å². The Kier molecular flexibility index (Phi) is 6.49. The zero-order valence-corrected chi connectivity index (χ0v) is 17.3. The molecule has 2 N–H and O–H groups in total. The van der Waals surface area contributed by atoms with Crippen molar-refractivity contribution >= 4 is 5.91 Å². The van der Waals surface area contributed by atoms with Gasteiger partial charge in [0.2, 0.25) is 0 Å². The van der Waals surface area contributed by atoms with Crippen LogP contribution in [0.25, 0.3) is 0 Å². The van der Waals surface area contributed by atoms with E-state index in [-0.39, 0.29) is 11.9 Å². The number of likely N-dealkylation sites (tertiary alicyclic amines) is 1. The molecule has 0 unspecified atom stereocenters. The zero-order valence-electron chi connectivity index (χ0n) is 17.3. The Morgan fingerprint density at radius 2 is 2.10 bits per heavy atom. The minimum Gasteiger partial charge on any atom is -0.497 e. The number of ether oxygens (including phenoxy) is 1. The van der Waals surface area contributed by atoms with Gasteiger partial charge < -0.3 is 10.1 Å². The minimum atomic E-state index is 0.0209. The number of aromatic amines is 1. The van der Waals surface area contributed by atoms with Gasteiger partial charge in [0.15, 0.2) is 0 Å². The number of hydrogen-bond acceptors (Lipinski definition) is 4. The first-order chi connectivity index (χ1) is 14.2. The number of H-pyrrole nitrogens is 1. The monoisotopic (exact) mass is 396 g/mol. The first-order valence-corrected chi connectivity index (χ1v) is 10.9. The van der Waals surface area contributed by atoms with Gasteiger partial charge in [0, 0.05) is 25.0 Å². The van der Waals surface area contributed by atoms with Crippen LogP contribution in [0.15, 0.2) is 30.5 Å². The number of carbonyl (C=O) groups is 1. The number of benzene rings is 1. The molecule has 2 aliphatic rings. The van der Waals surface area contributed by atoms with Crippen LogP contribution in [-0.4, -0.2) is 47.2 Å². The van der Waals surface area contributed by atoms with Crippen molar-refractivity contribution in [3.8, 4) is 5.75 Å². The standard InChI is InChI=1S/C23H32N4O2/c1-29-20-11-5-7-17(13-20)15-27-12-6-10-19(16-27)25-23(28)21-14-24-26-22(21)18-8-3-2-4-9-18/h5,7,11,13-14,18-19H,2-4,6,8-10,12,15-16H2,1H3,(H,24,26)(H,25,28)/t19-/m0/s1. The first-order valence-electron chi connectivity index (χ1n) is 10.9. The molecule has 2 aromatic rings. The fourth-order valence-electron chi connectivity index (χ4n) is 4.79. The topological polar surface area (TPSA) is 70.2 Å². The number of methoxy groups -OCH3 is 1. The second-order valence-corrected chi connectivity index (χ2v) is 8.43. The summed E-state index contributed by atoms with van der Waals surface area (Å²) in [5.41, 5.74) is 3.01. The number of aromatic nitrogens is 2. The molecule has 2 fully saturated rings. The highest BCUT2D eigenvalue weighted by Crippen LogP contribution is 2.33. The second-order valence-electron chi connectivity index (χ2n) is 8.43. The molecule has 29 heavy (non-hydrogen) atoms. The summed E-state index contributed by atoms with van der Waals surface area (Å²) in [7, 11) is 1.70. The summed E-state index contributed by atoms with van der Waals surface area (Å²) in [6, 6.07) is 8.40. The molecule has 2 heterocycles. The molecular weight excluding hydrogens is 364 g/mol. The van der Waals surface area contributed by atoms with Gasteiger partial charge in [0.1, 0.15) is 5.75 Å². The van der Waals surface area contributed by atoms with Gasteiger partial charge in [0.25, 0.3) is 5.91 Å². The zero-order chi connectivity index (χ0) is 20.1. The molecule has 1 aliphatic heterocycles. The van der Waals surface area contributed by atoms with E-state index in [0.29, 0.717) is 5.92 Å². The van der Waals surface area contributed by atoms with Crippen molar-refractivity contribution < 1.29 is 9.53 Å². The minimum absolute atomic E-state index is 0.0209. The fraction of sp³-hybridized carbons (Fsp3) is 0.565. The highest BCUT2D eigenvalue weighted by atomic mass is 16.5. The molecule has 0 radical (unpaired) electrons. The van der Waals surface area contributed by atoms with Crippen LogP contribution in [0.1, 0.15) is 72.5 Å². The summed E-state index contributed by atoms with van der Waals surface area (Å²) in [5, 5.41) is 10.6. The molecule has 1 aromatic carbocycles. The lowest BCUT2D eigenvalue weighted by Gasteiger charge is -2.33. The average molecular weight is 397 g/mol. The Balaban J connectivity index is 1.36. The number of nitrogens with zero attached hydrogens (tertiary/aromatic N) is 2. The Hall–Kier alpha value is -2.34. The van der Waals surface area contributed by atoms with Gasteiger partial charge in [0.05, 0.1) is 24.6 Å². The third-order valence-electron chi connectivity index (χ3n) is 6.31. The van der Waals surface area contributed by atoms with E-state index in [9.17, 15) is 4.79 Å². The van der Waals surface area contributed by atoms with Crippen molar-refractivity contribution in [2.24, 2.45) is 0 Å². The van der Waals surface area contributed by atoms with E-state index in [0.717, 1.165) is 62.3 Å². The quantitative estimate of drug-likeness (QED) is 0.778. The van der Waals surface area contributed by atoms with Gasteiger partial charge in [-0.15, -0.1) is 0 Å². The van der Waals surface area contributed by atoms with E-state index in [1.807, 2.05) is 12.1 Å². The third-order valence-corrected chi connectivity index (χ3v) is 6.31. The van der Waals surface area contributed by atoms with Crippen molar-refractivity contribution in [2.75, 3.05) is 20.2 Å². The van der Waals surface area contributed by atoms with E-state index in [1.54, 1.807) is 13.3 Å². The lowest BCUT2D eigenvalue weighted by Crippen LogP contribution is -2.47. The van der Waals surface area contributed by atoms with Crippen LogP contribution in [0.4, 0.5) is 0 Å². The number of amides is 1. The lowest BCUT2D eigenvalue weighted by molar-refractivity contribution is 0.0899. The van der Waals surface area contributed by atoms with Gasteiger partial charge in [-0.3, -0.25) is 14.8 Å². The predicted molar refractivity (Wildman–Crippen MR) is 113 cm³/mol. The van der Waals surface area contributed by atoms with E-state index in [4.69, 9.17) is 4.74 Å². The highest BCUT2D eigenvalue weighted by molar-refractivity contribution is 5.95. The van der Waals surface area contributed by atoms with Gasteiger partial charge >= 0.3 is 0 Å². The van der Waals surface area contributed by atoms with E-state index >= 15 is 0 Å². The normalized spacial score (nSPS) is 21.1. The molecule has 1 atom stereocenters. The Morgan fingerprint density at radius 1 is 1.24 bits per heavy atom. The smallest absolute Gasteiger partial charge is 0.255 e. The summed E-state index contributed by atoms with van der Waals surface area (Å²) in [6.07, 6.45) is 9.92. The molecule has 6 nitrogen and oxygen atoms in total. The van der Waals surface area contributed by atoms with Crippen LogP contribution >= 0.6 is 0 Å². The summed E-state index contributed by atoms with van der Waals surface area (Å²) < 4.78 is 5.34. The van der Waals surface area contributed by atoms with Crippen LogP contribution < -0.4 is 10.1 Å². The van der Waals surface area contributed by atoms with Crippen molar-refractivity contribution in [3.05, 3.63) is 47.3 Å². The molecule has 156 valence electrons. The summed E-state index contributed by atoms with van der Waals surface area (Å²) in [6.45, 7) is 2.81. The Bertz CT molecular complexity index is 813. The van der Waals surface area contributed by atoms with E-state index in [1.165, 1.54) is 24.8 Å². The van der Waals surface area contributed by atoms with Gasteiger partial charge in [-0.25, -0.2) is 0 Å². The molecule has 1 saturated heterocycles. The van der Waals surface area contributed by atoms with Crippen LogP contribution in [0, 0.1) is 0 Å². The van der Waals surface area contributed by atoms with Crippen LogP contribution in [-0.2, 0) is 6.54 Å². The Morgan fingerprint density at radius 3 is 2.93 bits per heavy atom. The Labute approximate surface area is 173 Å². The lowest BCUT2D eigenvalue weighted by atomic mass is 9.85. The van der Waals surface area contributed by atoms with E-state index in [2.05, 4.69) is 32.5 Å². The largest absolute Gasteiger partial charge is 0.497 e. The molecule has 0 spiro atoms. The number of nitrogens with one attached hydrogen (secondary N) is 2. The molecule has 1 saturated carbocycles. The SMILES string of the molecule is COc1cccc(CN2CCC[C@H](NC(=O)c3cn[nH]c3C3CCCCC3)C2)c1. The number of carbonyl (C=O) groups excluding carboxylic acids is 1. The predicted octanol–water partition coefficient (Wildman–Crippen LogP) is 3.86. The van der Waals surface area contributed by atoms with Crippen molar-refractivity contribution in [1.82, 2.24) is 20.4 Å². The molecule has 1 amide bonds. The third kappa shape index (κ3) is 4.99. The molecule has 4 rings (SSSR count). The molecule has 1 aromatic heterocycles. The summed E-state index contributed by atoms with van der Waals surface area (Å²) in [5.74, 6) is 1.36. The highest BCUT2D eigenvalue weighted by Gasteiger charge is 2.26. The van der Waals surface area contributed by atoms with Crippen LogP contribution in [0.3, 0.4) is 0 Å². The van der Waals surface area contributed by atoms with Gasteiger partial charge in [-0.05, 0) is 49.9 Å².